The lowest BCUT2D eigenvalue weighted by Crippen LogP contribution is -2.40. The maximum atomic E-state index is 13.3. The van der Waals surface area contributed by atoms with Gasteiger partial charge in [0.2, 0.25) is 11.8 Å². The predicted molar refractivity (Wildman–Crippen MR) is 159 cm³/mol. The van der Waals surface area contributed by atoms with E-state index in [0.717, 1.165) is 40.9 Å². The normalized spacial score (nSPS) is 14.8. The van der Waals surface area contributed by atoms with Crippen LogP contribution in [0.4, 0.5) is 17.1 Å². The second kappa shape index (κ2) is 13.9. The Bertz CT molecular complexity index is 1240. The number of nitrogens with one attached hydrogen (secondary N) is 3. The molecule has 3 aromatic rings. The van der Waals surface area contributed by atoms with Gasteiger partial charge in [-0.15, -0.1) is 0 Å². The standard InChI is InChI=1S/C30H34BrN5O2/c31-24-13-15-25(16-14-24)34-30(38)29(33-18-21-36-19-4-1-5-20-36)23-11-8-22(9-12-23)10-17-28(37)35-27-7-3-2-6-26(27)32/h2-3,6-17,29,33H,1,4-5,18-21,32H2,(H,34,38)(H,35,37). The summed E-state index contributed by atoms with van der Waals surface area (Å²) in [5.41, 5.74) is 9.44. The van der Waals surface area contributed by atoms with E-state index in [0.29, 0.717) is 17.9 Å². The van der Waals surface area contributed by atoms with Crippen LogP contribution in [0.25, 0.3) is 6.08 Å². The number of rotatable bonds is 10. The summed E-state index contributed by atoms with van der Waals surface area (Å²) in [6.45, 7) is 3.85. The molecular formula is C30H34BrN5O2. The molecule has 0 bridgehead atoms. The molecule has 1 unspecified atom stereocenters. The number of carbonyl (C=O) groups excluding carboxylic acids is 2. The molecule has 3 aromatic carbocycles. The summed E-state index contributed by atoms with van der Waals surface area (Å²) in [5.74, 6) is -0.382. The number of anilines is 3. The van der Waals surface area contributed by atoms with Crippen molar-refractivity contribution < 1.29 is 9.59 Å². The molecule has 198 valence electrons. The van der Waals surface area contributed by atoms with E-state index in [1.807, 2.05) is 60.7 Å². The van der Waals surface area contributed by atoms with Crippen LogP contribution in [-0.4, -0.2) is 42.9 Å². The van der Waals surface area contributed by atoms with Crippen LogP contribution in [-0.2, 0) is 9.59 Å². The van der Waals surface area contributed by atoms with Gasteiger partial charge in [-0.25, -0.2) is 0 Å². The Labute approximate surface area is 232 Å². The van der Waals surface area contributed by atoms with E-state index >= 15 is 0 Å². The van der Waals surface area contributed by atoms with Gasteiger partial charge in [-0.1, -0.05) is 58.7 Å². The molecule has 0 saturated carbocycles. The van der Waals surface area contributed by atoms with Crippen molar-refractivity contribution in [1.29, 1.82) is 0 Å². The van der Waals surface area contributed by atoms with Gasteiger partial charge in [0.1, 0.15) is 6.04 Å². The minimum Gasteiger partial charge on any atom is -0.397 e. The molecule has 5 N–H and O–H groups in total. The van der Waals surface area contributed by atoms with Gasteiger partial charge in [-0.3, -0.25) is 9.59 Å². The number of hydrogen-bond donors (Lipinski definition) is 4. The first-order valence-corrected chi connectivity index (χ1v) is 13.7. The molecule has 0 aliphatic carbocycles. The molecule has 1 heterocycles. The van der Waals surface area contributed by atoms with Crippen LogP contribution in [0.2, 0.25) is 0 Å². The Kier molecular flexibility index (Phi) is 10.1. The largest absolute Gasteiger partial charge is 0.397 e. The Morgan fingerprint density at radius 3 is 2.34 bits per heavy atom. The minimum absolute atomic E-state index is 0.117. The van der Waals surface area contributed by atoms with E-state index in [2.05, 4.69) is 36.8 Å². The molecule has 0 spiro atoms. The number of hydrogen-bond acceptors (Lipinski definition) is 5. The van der Waals surface area contributed by atoms with E-state index in [1.165, 1.54) is 25.3 Å². The van der Waals surface area contributed by atoms with Crippen molar-refractivity contribution in [1.82, 2.24) is 10.2 Å². The number of amides is 2. The van der Waals surface area contributed by atoms with E-state index < -0.39 is 6.04 Å². The molecule has 0 radical (unpaired) electrons. The Hall–Kier alpha value is -3.46. The first-order chi connectivity index (χ1) is 18.5. The van der Waals surface area contributed by atoms with Gasteiger partial charge in [0, 0.05) is 29.3 Å². The number of piperidine rings is 1. The van der Waals surface area contributed by atoms with Crippen LogP contribution in [0.5, 0.6) is 0 Å². The average Bonchev–Trinajstić information content (AvgIpc) is 2.93. The number of likely N-dealkylation sites (tertiary alicyclic amines) is 1. The first kappa shape index (κ1) is 27.6. The quantitative estimate of drug-likeness (QED) is 0.190. The highest BCUT2D eigenvalue weighted by molar-refractivity contribution is 9.10. The summed E-state index contributed by atoms with van der Waals surface area (Å²) in [5, 5.41) is 9.27. The number of halogens is 1. The minimum atomic E-state index is -0.508. The lowest BCUT2D eigenvalue weighted by atomic mass is 10.0. The van der Waals surface area contributed by atoms with Gasteiger partial charge < -0.3 is 26.6 Å². The summed E-state index contributed by atoms with van der Waals surface area (Å²) < 4.78 is 0.955. The molecule has 1 aliphatic rings. The Balaban J connectivity index is 1.41. The van der Waals surface area contributed by atoms with E-state index in [-0.39, 0.29) is 11.8 Å². The van der Waals surface area contributed by atoms with Crippen LogP contribution < -0.4 is 21.7 Å². The van der Waals surface area contributed by atoms with Gasteiger partial charge in [0.15, 0.2) is 0 Å². The Morgan fingerprint density at radius 2 is 1.63 bits per heavy atom. The summed E-state index contributed by atoms with van der Waals surface area (Å²) in [6.07, 6.45) is 6.97. The number of benzene rings is 3. The third-order valence-corrected chi connectivity index (χ3v) is 7.04. The third-order valence-electron chi connectivity index (χ3n) is 6.51. The fraction of sp³-hybridized carbons (Fsp3) is 0.267. The highest BCUT2D eigenvalue weighted by Crippen LogP contribution is 2.20. The topological polar surface area (TPSA) is 99.5 Å². The van der Waals surface area contributed by atoms with Gasteiger partial charge in [0.05, 0.1) is 11.4 Å². The second-order valence-electron chi connectivity index (χ2n) is 9.36. The van der Waals surface area contributed by atoms with Crippen LogP contribution in [0.15, 0.2) is 83.3 Å². The predicted octanol–water partition coefficient (Wildman–Crippen LogP) is 5.44. The van der Waals surface area contributed by atoms with Crippen LogP contribution >= 0.6 is 15.9 Å². The molecule has 38 heavy (non-hydrogen) atoms. The summed E-state index contributed by atoms with van der Waals surface area (Å²) in [6, 6.07) is 21.8. The summed E-state index contributed by atoms with van der Waals surface area (Å²) in [4.78, 5) is 28.1. The molecule has 2 amide bonds. The monoisotopic (exact) mass is 575 g/mol. The maximum absolute atomic E-state index is 13.3. The zero-order chi connectivity index (χ0) is 26.7. The van der Waals surface area contributed by atoms with Gasteiger partial charge in [0.25, 0.3) is 0 Å². The molecular weight excluding hydrogens is 542 g/mol. The summed E-state index contributed by atoms with van der Waals surface area (Å²) in [7, 11) is 0. The third kappa shape index (κ3) is 8.28. The van der Waals surface area contributed by atoms with Crippen LogP contribution in [0.1, 0.15) is 36.4 Å². The highest BCUT2D eigenvalue weighted by atomic mass is 79.9. The lowest BCUT2D eigenvalue weighted by molar-refractivity contribution is -0.118. The van der Waals surface area contributed by atoms with Crippen LogP contribution in [0.3, 0.4) is 0 Å². The van der Waals surface area contributed by atoms with Gasteiger partial charge in [-0.2, -0.15) is 0 Å². The van der Waals surface area contributed by atoms with Gasteiger partial charge >= 0.3 is 0 Å². The molecule has 1 fully saturated rings. The van der Waals surface area contributed by atoms with Crippen molar-refractivity contribution in [3.05, 3.63) is 94.5 Å². The lowest BCUT2D eigenvalue weighted by Gasteiger charge is -2.27. The van der Waals surface area contributed by atoms with E-state index in [4.69, 9.17) is 5.73 Å². The van der Waals surface area contributed by atoms with E-state index in [1.54, 1.807) is 18.2 Å². The number of nitrogens with zero attached hydrogens (tertiary/aromatic N) is 1. The number of carbonyl (C=O) groups is 2. The SMILES string of the molecule is Nc1ccccc1NC(=O)C=Cc1ccc(C(NCCN2CCCCC2)C(=O)Nc2ccc(Br)cc2)cc1. The molecule has 0 aromatic heterocycles. The molecule has 1 saturated heterocycles. The van der Waals surface area contributed by atoms with E-state index in [9.17, 15) is 9.59 Å². The van der Waals surface area contributed by atoms with Gasteiger partial charge in [-0.05, 0) is 79.5 Å². The average molecular weight is 577 g/mol. The van der Waals surface area contributed by atoms with Crippen molar-refractivity contribution in [2.24, 2.45) is 0 Å². The zero-order valence-electron chi connectivity index (χ0n) is 21.3. The highest BCUT2D eigenvalue weighted by Gasteiger charge is 2.21. The zero-order valence-corrected chi connectivity index (χ0v) is 22.9. The molecule has 7 nitrogen and oxygen atoms in total. The Morgan fingerprint density at radius 1 is 0.921 bits per heavy atom. The van der Waals surface area contributed by atoms with Crippen LogP contribution in [0, 0.1) is 0 Å². The van der Waals surface area contributed by atoms with Crippen molar-refractivity contribution in [2.45, 2.75) is 25.3 Å². The molecule has 4 rings (SSSR count). The second-order valence-corrected chi connectivity index (χ2v) is 10.3. The molecule has 1 aliphatic heterocycles. The number of nitrogen functional groups attached to an aromatic ring is 1. The van der Waals surface area contributed by atoms with Crippen molar-refractivity contribution in [3.63, 3.8) is 0 Å². The molecule has 8 heteroatoms. The van der Waals surface area contributed by atoms with Crippen molar-refractivity contribution >= 4 is 50.9 Å². The fourth-order valence-electron chi connectivity index (χ4n) is 4.42. The first-order valence-electron chi connectivity index (χ1n) is 12.9. The number of para-hydroxylation sites is 2. The maximum Gasteiger partial charge on any atom is 0.248 e. The molecule has 1 atom stereocenters. The fourth-order valence-corrected chi connectivity index (χ4v) is 4.68. The smallest absolute Gasteiger partial charge is 0.248 e. The van der Waals surface area contributed by atoms with Crippen molar-refractivity contribution in [3.8, 4) is 0 Å². The summed E-state index contributed by atoms with van der Waals surface area (Å²) >= 11 is 3.43. The number of nitrogens with two attached hydrogens (primary N) is 1. The van der Waals surface area contributed by atoms with Crippen molar-refractivity contribution in [2.75, 3.05) is 42.5 Å².